The first kappa shape index (κ1) is 15.4. The molecule has 0 saturated heterocycles. The van der Waals surface area contributed by atoms with Gasteiger partial charge in [-0.05, 0) is 38.1 Å². The third kappa shape index (κ3) is 7.67. The van der Waals surface area contributed by atoms with E-state index in [2.05, 4.69) is 0 Å². The maximum Gasteiger partial charge on any atom is 0.222 e. The summed E-state index contributed by atoms with van der Waals surface area (Å²) < 4.78 is 5.53. The molecule has 0 atom stereocenters. The molecule has 106 valence electrons. The molecule has 0 spiro atoms. The summed E-state index contributed by atoms with van der Waals surface area (Å²) in [5, 5.41) is 0. The predicted molar refractivity (Wildman–Crippen MR) is 73.3 cm³/mol. The third-order valence-corrected chi connectivity index (χ3v) is 3.39. The average molecular weight is 256 g/mol. The molecule has 2 N–H and O–H groups in total. The molecule has 4 nitrogen and oxygen atoms in total. The molecule has 0 bridgehead atoms. The van der Waals surface area contributed by atoms with Gasteiger partial charge in [0.05, 0.1) is 6.61 Å². The standard InChI is InChI=1S/C14H28N2O2/c1-16(10-11-18-12-13-7-8-13)14(17)6-4-2-3-5-9-15/h13H,2-12,15H2,1H3. The second-order valence-electron chi connectivity index (χ2n) is 5.29. The van der Waals surface area contributed by atoms with Crippen molar-refractivity contribution in [2.24, 2.45) is 11.7 Å². The highest BCUT2D eigenvalue weighted by Crippen LogP contribution is 2.28. The van der Waals surface area contributed by atoms with Crippen LogP contribution in [0.1, 0.15) is 44.9 Å². The van der Waals surface area contributed by atoms with E-state index in [0.29, 0.717) is 19.6 Å². The lowest BCUT2D eigenvalue weighted by Gasteiger charge is -2.17. The highest BCUT2D eigenvalue weighted by molar-refractivity contribution is 5.75. The Balaban J connectivity index is 1.90. The molecule has 1 rings (SSSR count). The second kappa shape index (κ2) is 9.34. The van der Waals surface area contributed by atoms with Gasteiger partial charge in [0, 0.05) is 26.6 Å². The topological polar surface area (TPSA) is 55.6 Å². The number of ether oxygens (including phenoxy) is 1. The summed E-state index contributed by atoms with van der Waals surface area (Å²) >= 11 is 0. The van der Waals surface area contributed by atoms with Crippen LogP contribution < -0.4 is 5.73 Å². The highest BCUT2D eigenvalue weighted by Gasteiger charge is 2.21. The molecule has 0 heterocycles. The Bertz CT molecular complexity index is 230. The van der Waals surface area contributed by atoms with E-state index in [1.54, 1.807) is 4.90 Å². The predicted octanol–water partition coefficient (Wildman–Crippen LogP) is 1.78. The smallest absolute Gasteiger partial charge is 0.222 e. The molecule has 0 aliphatic heterocycles. The lowest BCUT2D eigenvalue weighted by Crippen LogP contribution is -2.30. The maximum absolute atomic E-state index is 11.8. The van der Waals surface area contributed by atoms with E-state index in [4.69, 9.17) is 10.5 Å². The van der Waals surface area contributed by atoms with Crippen molar-refractivity contribution in [3.05, 3.63) is 0 Å². The van der Waals surface area contributed by atoms with Crippen LogP contribution in [0.15, 0.2) is 0 Å². The second-order valence-corrected chi connectivity index (χ2v) is 5.29. The number of hydrogen-bond acceptors (Lipinski definition) is 3. The van der Waals surface area contributed by atoms with E-state index in [1.807, 2.05) is 7.05 Å². The molecule has 0 aromatic carbocycles. The first-order valence-electron chi connectivity index (χ1n) is 7.26. The number of carbonyl (C=O) groups excluding carboxylic acids is 1. The van der Waals surface area contributed by atoms with Gasteiger partial charge in [0.2, 0.25) is 5.91 Å². The third-order valence-electron chi connectivity index (χ3n) is 3.39. The summed E-state index contributed by atoms with van der Waals surface area (Å²) in [7, 11) is 1.86. The molecule has 0 unspecified atom stereocenters. The molecule has 0 aromatic heterocycles. The van der Waals surface area contributed by atoms with Crippen LogP contribution in [0.5, 0.6) is 0 Å². The molecular formula is C14H28N2O2. The van der Waals surface area contributed by atoms with Gasteiger partial charge in [0.1, 0.15) is 0 Å². The lowest BCUT2D eigenvalue weighted by atomic mass is 10.1. The van der Waals surface area contributed by atoms with Gasteiger partial charge in [-0.3, -0.25) is 4.79 Å². The Morgan fingerprint density at radius 2 is 2.00 bits per heavy atom. The first-order chi connectivity index (χ1) is 8.74. The minimum atomic E-state index is 0.234. The summed E-state index contributed by atoms with van der Waals surface area (Å²) in [4.78, 5) is 13.5. The van der Waals surface area contributed by atoms with Crippen molar-refractivity contribution in [1.82, 2.24) is 4.90 Å². The maximum atomic E-state index is 11.8. The SMILES string of the molecule is CN(CCOCC1CC1)C(=O)CCCCCCN. The van der Waals surface area contributed by atoms with Crippen molar-refractivity contribution < 1.29 is 9.53 Å². The Hall–Kier alpha value is -0.610. The van der Waals surface area contributed by atoms with Gasteiger partial charge < -0.3 is 15.4 Å². The van der Waals surface area contributed by atoms with Gasteiger partial charge in [-0.15, -0.1) is 0 Å². The van der Waals surface area contributed by atoms with Crippen molar-refractivity contribution >= 4 is 5.91 Å². The van der Waals surface area contributed by atoms with Gasteiger partial charge in [0.25, 0.3) is 0 Å². The van der Waals surface area contributed by atoms with E-state index in [-0.39, 0.29) is 5.91 Å². The van der Waals surface area contributed by atoms with E-state index in [1.165, 1.54) is 12.8 Å². The fourth-order valence-electron chi connectivity index (χ4n) is 1.83. The summed E-state index contributed by atoms with van der Waals surface area (Å²) in [6, 6.07) is 0. The molecule has 0 aromatic rings. The molecule has 1 aliphatic rings. The number of amides is 1. The molecule has 4 heteroatoms. The normalized spacial score (nSPS) is 14.8. The van der Waals surface area contributed by atoms with Gasteiger partial charge >= 0.3 is 0 Å². The van der Waals surface area contributed by atoms with E-state index in [0.717, 1.165) is 44.8 Å². The highest BCUT2D eigenvalue weighted by atomic mass is 16.5. The van der Waals surface area contributed by atoms with Crippen molar-refractivity contribution in [2.75, 3.05) is 33.4 Å². The zero-order valence-electron chi connectivity index (χ0n) is 11.7. The minimum Gasteiger partial charge on any atom is -0.379 e. The molecule has 18 heavy (non-hydrogen) atoms. The Kier molecular flexibility index (Phi) is 8.01. The molecule has 1 saturated carbocycles. The first-order valence-corrected chi connectivity index (χ1v) is 7.26. The summed E-state index contributed by atoms with van der Waals surface area (Å²) in [6.45, 7) is 3.02. The summed E-state index contributed by atoms with van der Waals surface area (Å²) in [6.07, 6.45) is 7.58. The van der Waals surface area contributed by atoms with Crippen LogP contribution in [0.2, 0.25) is 0 Å². The zero-order valence-corrected chi connectivity index (χ0v) is 11.7. The average Bonchev–Trinajstić information content (AvgIpc) is 3.18. The Morgan fingerprint density at radius 1 is 1.28 bits per heavy atom. The molecule has 1 fully saturated rings. The van der Waals surface area contributed by atoms with Crippen molar-refractivity contribution in [1.29, 1.82) is 0 Å². The van der Waals surface area contributed by atoms with Crippen LogP contribution >= 0.6 is 0 Å². The van der Waals surface area contributed by atoms with Gasteiger partial charge in [0.15, 0.2) is 0 Å². The van der Waals surface area contributed by atoms with Gasteiger partial charge in [-0.2, -0.15) is 0 Å². The lowest BCUT2D eigenvalue weighted by molar-refractivity contribution is -0.130. The van der Waals surface area contributed by atoms with Gasteiger partial charge in [-0.25, -0.2) is 0 Å². The number of nitrogens with zero attached hydrogens (tertiary/aromatic N) is 1. The van der Waals surface area contributed by atoms with E-state index >= 15 is 0 Å². The Labute approximate surface area is 111 Å². The van der Waals surface area contributed by atoms with Crippen LogP contribution in [0, 0.1) is 5.92 Å². The van der Waals surface area contributed by atoms with Gasteiger partial charge in [-0.1, -0.05) is 12.8 Å². The van der Waals surface area contributed by atoms with Crippen molar-refractivity contribution in [2.45, 2.75) is 44.9 Å². The summed E-state index contributed by atoms with van der Waals surface area (Å²) in [5.74, 6) is 1.03. The van der Waals surface area contributed by atoms with Crippen LogP contribution in [0.25, 0.3) is 0 Å². The summed E-state index contributed by atoms with van der Waals surface area (Å²) in [5.41, 5.74) is 5.42. The number of carbonyl (C=O) groups is 1. The van der Waals surface area contributed by atoms with Crippen LogP contribution in [0.3, 0.4) is 0 Å². The minimum absolute atomic E-state index is 0.234. The van der Waals surface area contributed by atoms with E-state index in [9.17, 15) is 4.79 Å². The largest absolute Gasteiger partial charge is 0.379 e. The molecular weight excluding hydrogens is 228 g/mol. The van der Waals surface area contributed by atoms with Crippen LogP contribution in [0.4, 0.5) is 0 Å². The monoisotopic (exact) mass is 256 g/mol. The molecule has 0 radical (unpaired) electrons. The van der Waals surface area contributed by atoms with Crippen LogP contribution in [-0.2, 0) is 9.53 Å². The number of nitrogens with two attached hydrogens (primary N) is 1. The Morgan fingerprint density at radius 3 is 2.67 bits per heavy atom. The van der Waals surface area contributed by atoms with E-state index < -0.39 is 0 Å². The number of rotatable bonds is 11. The zero-order chi connectivity index (χ0) is 13.2. The molecule has 1 aliphatic carbocycles. The number of likely N-dealkylation sites (N-methyl/N-ethyl adjacent to an activating group) is 1. The quantitative estimate of drug-likeness (QED) is 0.573. The van der Waals surface area contributed by atoms with Crippen molar-refractivity contribution in [3.8, 4) is 0 Å². The number of unbranched alkanes of at least 4 members (excludes halogenated alkanes) is 3. The number of hydrogen-bond donors (Lipinski definition) is 1. The van der Waals surface area contributed by atoms with Crippen LogP contribution in [-0.4, -0.2) is 44.2 Å². The van der Waals surface area contributed by atoms with Crippen molar-refractivity contribution in [3.63, 3.8) is 0 Å². The fraction of sp³-hybridized carbons (Fsp3) is 0.929. The molecule has 1 amide bonds. The fourth-order valence-corrected chi connectivity index (χ4v) is 1.83.